The summed E-state index contributed by atoms with van der Waals surface area (Å²) in [6, 6.07) is 14.0. The lowest BCUT2D eigenvalue weighted by molar-refractivity contribution is -0.124. The molecule has 2 N–H and O–H groups in total. The zero-order chi connectivity index (χ0) is 18.5. The van der Waals surface area contributed by atoms with Crippen LogP contribution >= 0.6 is 0 Å². The Bertz CT molecular complexity index is 915. The first-order valence-corrected chi connectivity index (χ1v) is 8.12. The van der Waals surface area contributed by atoms with E-state index in [0.29, 0.717) is 22.6 Å². The smallest absolute Gasteiger partial charge is 0.244 e. The molecule has 26 heavy (non-hydrogen) atoms. The summed E-state index contributed by atoms with van der Waals surface area (Å²) in [5.41, 5.74) is 2.47. The maximum atomic E-state index is 12.5. The summed E-state index contributed by atoms with van der Waals surface area (Å²) in [6.07, 6.45) is 5.35. The molecular weight excluding hydrogens is 330 g/mol. The van der Waals surface area contributed by atoms with Gasteiger partial charge in [0.15, 0.2) is 0 Å². The minimum atomic E-state index is -0.290. The summed E-state index contributed by atoms with van der Waals surface area (Å²) in [5, 5.41) is 5.44. The Balaban J connectivity index is 1.61. The minimum absolute atomic E-state index is 0.00226. The zero-order valence-electron chi connectivity index (χ0n) is 14.0. The van der Waals surface area contributed by atoms with Gasteiger partial charge in [0.05, 0.1) is 11.4 Å². The van der Waals surface area contributed by atoms with Crippen LogP contribution in [0, 0.1) is 12.3 Å². The van der Waals surface area contributed by atoms with Crippen molar-refractivity contribution >= 4 is 34.8 Å². The first-order valence-electron chi connectivity index (χ1n) is 8.12. The highest BCUT2D eigenvalue weighted by Gasteiger charge is 2.26. The van der Waals surface area contributed by atoms with Gasteiger partial charge in [0, 0.05) is 24.1 Å². The molecule has 0 saturated heterocycles. The van der Waals surface area contributed by atoms with E-state index < -0.39 is 0 Å². The van der Waals surface area contributed by atoms with Crippen LogP contribution in [0.3, 0.4) is 0 Å². The Kier molecular flexibility index (Phi) is 4.99. The lowest BCUT2D eigenvalue weighted by Gasteiger charge is -2.29. The SMILES string of the molecule is C#Cc1cccc(NC(=O)CCC(=O)N2CC(=O)Nc3ccccc32)c1. The van der Waals surface area contributed by atoms with Crippen molar-refractivity contribution in [3.8, 4) is 12.3 Å². The van der Waals surface area contributed by atoms with Crippen LogP contribution in [0.2, 0.25) is 0 Å². The molecule has 3 amide bonds. The average molecular weight is 347 g/mol. The number of para-hydroxylation sites is 2. The number of hydrogen-bond donors (Lipinski definition) is 2. The Morgan fingerprint density at radius 2 is 1.96 bits per heavy atom. The maximum Gasteiger partial charge on any atom is 0.244 e. The van der Waals surface area contributed by atoms with Gasteiger partial charge in [-0.15, -0.1) is 6.42 Å². The predicted molar refractivity (Wildman–Crippen MR) is 99.7 cm³/mol. The Hall–Kier alpha value is -3.59. The fraction of sp³-hybridized carbons (Fsp3) is 0.150. The van der Waals surface area contributed by atoms with Crippen molar-refractivity contribution in [1.82, 2.24) is 0 Å². The second-order valence-electron chi connectivity index (χ2n) is 5.82. The molecule has 1 aliphatic heterocycles. The molecule has 2 aromatic rings. The fourth-order valence-corrected chi connectivity index (χ4v) is 2.72. The maximum absolute atomic E-state index is 12.5. The van der Waals surface area contributed by atoms with Crippen LogP contribution in [-0.2, 0) is 14.4 Å². The normalized spacial score (nSPS) is 12.6. The quantitative estimate of drug-likeness (QED) is 0.834. The molecule has 6 heteroatoms. The number of nitrogens with zero attached hydrogens (tertiary/aromatic N) is 1. The van der Waals surface area contributed by atoms with Gasteiger partial charge in [-0.2, -0.15) is 0 Å². The van der Waals surface area contributed by atoms with Crippen LogP contribution in [0.25, 0.3) is 0 Å². The molecule has 0 bridgehead atoms. The predicted octanol–water partition coefficient (Wildman–Crippen LogP) is 2.37. The molecule has 0 atom stereocenters. The minimum Gasteiger partial charge on any atom is -0.326 e. The van der Waals surface area contributed by atoms with Crippen LogP contribution in [0.1, 0.15) is 18.4 Å². The van der Waals surface area contributed by atoms with Crippen molar-refractivity contribution in [2.75, 3.05) is 22.1 Å². The van der Waals surface area contributed by atoms with E-state index in [0.717, 1.165) is 0 Å². The van der Waals surface area contributed by atoms with Gasteiger partial charge in [0.1, 0.15) is 6.54 Å². The first-order chi connectivity index (χ1) is 12.6. The van der Waals surface area contributed by atoms with Crippen LogP contribution in [0.15, 0.2) is 48.5 Å². The summed E-state index contributed by atoms with van der Waals surface area (Å²) in [7, 11) is 0. The third kappa shape index (κ3) is 3.90. The van der Waals surface area contributed by atoms with Gasteiger partial charge in [0.2, 0.25) is 17.7 Å². The summed E-state index contributed by atoms with van der Waals surface area (Å²) >= 11 is 0. The molecule has 0 aromatic heterocycles. The fourth-order valence-electron chi connectivity index (χ4n) is 2.72. The number of carbonyl (C=O) groups excluding carboxylic acids is 3. The lowest BCUT2D eigenvalue weighted by Crippen LogP contribution is -2.42. The molecule has 1 heterocycles. The van der Waals surface area contributed by atoms with E-state index in [1.54, 1.807) is 48.5 Å². The van der Waals surface area contributed by atoms with Crippen molar-refractivity contribution < 1.29 is 14.4 Å². The van der Waals surface area contributed by atoms with Gasteiger partial charge in [-0.25, -0.2) is 0 Å². The van der Waals surface area contributed by atoms with E-state index in [1.165, 1.54) is 4.90 Å². The molecule has 0 spiro atoms. The Morgan fingerprint density at radius 1 is 1.15 bits per heavy atom. The number of benzene rings is 2. The molecule has 0 radical (unpaired) electrons. The number of hydrogen-bond acceptors (Lipinski definition) is 3. The Morgan fingerprint density at radius 3 is 2.77 bits per heavy atom. The standard InChI is InChI=1S/C20H17N3O3/c1-2-14-6-5-7-15(12-14)21-18(24)10-11-20(26)23-13-19(25)22-16-8-3-4-9-17(16)23/h1,3-9,12H,10-11,13H2,(H,21,24)(H,22,25). The van der Waals surface area contributed by atoms with E-state index in [2.05, 4.69) is 16.6 Å². The number of fused-ring (bicyclic) bond motifs is 1. The van der Waals surface area contributed by atoms with E-state index >= 15 is 0 Å². The van der Waals surface area contributed by atoms with Gasteiger partial charge in [0.25, 0.3) is 0 Å². The highest BCUT2D eigenvalue weighted by atomic mass is 16.2. The van der Waals surface area contributed by atoms with Gasteiger partial charge in [-0.1, -0.05) is 24.1 Å². The third-order valence-electron chi connectivity index (χ3n) is 3.95. The molecule has 2 aromatic carbocycles. The van der Waals surface area contributed by atoms with E-state index in [-0.39, 0.29) is 37.1 Å². The average Bonchev–Trinajstić information content (AvgIpc) is 2.65. The molecule has 0 unspecified atom stereocenters. The Labute approximate surface area is 151 Å². The topological polar surface area (TPSA) is 78.5 Å². The van der Waals surface area contributed by atoms with Gasteiger partial charge in [-0.05, 0) is 30.3 Å². The molecule has 0 aliphatic carbocycles. The van der Waals surface area contributed by atoms with Gasteiger partial charge in [-0.3, -0.25) is 14.4 Å². The number of amides is 3. The van der Waals surface area contributed by atoms with Crippen LogP contribution in [-0.4, -0.2) is 24.3 Å². The molecule has 1 aliphatic rings. The summed E-state index contributed by atoms with van der Waals surface area (Å²) in [4.78, 5) is 37.8. The van der Waals surface area contributed by atoms with Crippen LogP contribution in [0.4, 0.5) is 17.1 Å². The molecule has 130 valence electrons. The number of rotatable bonds is 4. The van der Waals surface area contributed by atoms with E-state index in [1.807, 2.05) is 0 Å². The van der Waals surface area contributed by atoms with E-state index in [4.69, 9.17) is 6.42 Å². The number of anilines is 3. The second-order valence-corrected chi connectivity index (χ2v) is 5.82. The highest BCUT2D eigenvalue weighted by Crippen LogP contribution is 2.29. The molecular formula is C20H17N3O3. The van der Waals surface area contributed by atoms with Crippen LogP contribution < -0.4 is 15.5 Å². The molecule has 3 rings (SSSR count). The third-order valence-corrected chi connectivity index (χ3v) is 3.95. The highest BCUT2D eigenvalue weighted by molar-refractivity contribution is 6.10. The summed E-state index contributed by atoms with van der Waals surface area (Å²) in [5.74, 6) is 1.67. The second kappa shape index (κ2) is 7.53. The van der Waals surface area contributed by atoms with Crippen molar-refractivity contribution in [3.63, 3.8) is 0 Å². The van der Waals surface area contributed by atoms with Crippen molar-refractivity contribution in [1.29, 1.82) is 0 Å². The number of terminal acetylenes is 1. The van der Waals surface area contributed by atoms with E-state index in [9.17, 15) is 14.4 Å². The van der Waals surface area contributed by atoms with Crippen LogP contribution in [0.5, 0.6) is 0 Å². The molecule has 0 fully saturated rings. The molecule has 6 nitrogen and oxygen atoms in total. The van der Waals surface area contributed by atoms with Crippen molar-refractivity contribution in [2.45, 2.75) is 12.8 Å². The van der Waals surface area contributed by atoms with Crippen molar-refractivity contribution in [2.24, 2.45) is 0 Å². The summed E-state index contributed by atoms with van der Waals surface area (Å²) < 4.78 is 0. The lowest BCUT2D eigenvalue weighted by atomic mass is 10.1. The van der Waals surface area contributed by atoms with Gasteiger partial charge >= 0.3 is 0 Å². The van der Waals surface area contributed by atoms with Crippen molar-refractivity contribution in [3.05, 3.63) is 54.1 Å². The number of carbonyl (C=O) groups is 3. The monoisotopic (exact) mass is 347 g/mol. The van der Waals surface area contributed by atoms with Gasteiger partial charge < -0.3 is 15.5 Å². The zero-order valence-corrected chi connectivity index (χ0v) is 14.0. The first kappa shape index (κ1) is 17.2. The number of nitrogens with one attached hydrogen (secondary N) is 2. The summed E-state index contributed by atoms with van der Waals surface area (Å²) in [6.45, 7) is -0.0539. The molecule has 0 saturated carbocycles. The largest absolute Gasteiger partial charge is 0.326 e.